The molecule has 78 valence electrons. The summed E-state index contributed by atoms with van der Waals surface area (Å²) < 4.78 is 3.12. The number of benzene rings is 1. The minimum absolute atomic E-state index is 0.743. The van der Waals surface area contributed by atoms with Crippen LogP contribution in [0.2, 0.25) is 5.02 Å². The second-order valence-corrected chi connectivity index (χ2v) is 4.63. The monoisotopic (exact) mass is 284 g/mol. The van der Waals surface area contributed by atoms with Crippen molar-refractivity contribution in [3.63, 3.8) is 0 Å². The summed E-state index contributed by atoms with van der Waals surface area (Å²) in [6, 6.07) is 5.82. The van der Waals surface area contributed by atoms with Crippen molar-refractivity contribution >= 4 is 27.5 Å². The molecular formula is C11H10BrClN2. The fourth-order valence-corrected chi connectivity index (χ4v) is 2.21. The van der Waals surface area contributed by atoms with Gasteiger partial charge in [0.15, 0.2) is 0 Å². The van der Waals surface area contributed by atoms with Gasteiger partial charge in [-0.3, -0.25) is 0 Å². The molecule has 4 heteroatoms. The number of rotatable bonds is 2. The zero-order valence-electron chi connectivity index (χ0n) is 8.24. The van der Waals surface area contributed by atoms with Gasteiger partial charge in [0, 0.05) is 28.4 Å². The Morgan fingerprint density at radius 3 is 2.87 bits per heavy atom. The second kappa shape index (κ2) is 4.37. The van der Waals surface area contributed by atoms with Gasteiger partial charge in [0.25, 0.3) is 0 Å². The van der Waals surface area contributed by atoms with Crippen molar-refractivity contribution in [2.24, 2.45) is 0 Å². The van der Waals surface area contributed by atoms with Crippen LogP contribution in [0, 0.1) is 6.92 Å². The maximum atomic E-state index is 5.88. The number of hydrogen-bond donors (Lipinski definition) is 0. The maximum absolute atomic E-state index is 5.88. The third-order valence-electron chi connectivity index (χ3n) is 2.28. The van der Waals surface area contributed by atoms with Gasteiger partial charge in [0.1, 0.15) is 5.82 Å². The molecule has 0 aliphatic rings. The van der Waals surface area contributed by atoms with Crippen LogP contribution in [0.15, 0.2) is 35.1 Å². The van der Waals surface area contributed by atoms with E-state index < -0.39 is 0 Å². The van der Waals surface area contributed by atoms with E-state index in [1.54, 1.807) is 6.20 Å². The van der Waals surface area contributed by atoms with Crippen LogP contribution in [0.1, 0.15) is 11.4 Å². The second-order valence-electron chi connectivity index (χ2n) is 3.34. The first-order valence-electron chi connectivity index (χ1n) is 4.58. The van der Waals surface area contributed by atoms with Crippen LogP contribution in [0.4, 0.5) is 0 Å². The van der Waals surface area contributed by atoms with Crippen molar-refractivity contribution in [3.05, 3.63) is 51.5 Å². The Labute approximate surface area is 102 Å². The van der Waals surface area contributed by atoms with Crippen LogP contribution in [-0.2, 0) is 6.54 Å². The van der Waals surface area contributed by atoms with E-state index in [1.165, 1.54) is 5.56 Å². The smallest absolute Gasteiger partial charge is 0.105 e. The van der Waals surface area contributed by atoms with Crippen LogP contribution in [-0.4, -0.2) is 9.55 Å². The summed E-state index contributed by atoms with van der Waals surface area (Å²) in [7, 11) is 0. The van der Waals surface area contributed by atoms with E-state index in [9.17, 15) is 0 Å². The fraction of sp³-hybridized carbons (Fsp3) is 0.182. The van der Waals surface area contributed by atoms with Gasteiger partial charge in [-0.15, -0.1) is 0 Å². The molecule has 1 heterocycles. The average Bonchev–Trinajstić information content (AvgIpc) is 2.57. The Hall–Kier alpha value is -0.800. The van der Waals surface area contributed by atoms with Crippen LogP contribution in [0.25, 0.3) is 0 Å². The summed E-state index contributed by atoms with van der Waals surface area (Å²) in [5.74, 6) is 1.01. The predicted molar refractivity (Wildman–Crippen MR) is 65.2 cm³/mol. The first-order valence-corrected chi connectivity index (χ1v) is 5.75. The van der Waals surface area contributed by atoms with Gasteiger partial charge in [0.2, 0.25) is 0 Å². The predicted octanol–water partition coefficient (Wildman–Crippen LogP) is 3.66. The summed E-state index contributed by atoms with van der Waals surface area (Å²) in [5.41, 5.74) is 1.19. The van der Waals surface area contributed by atoms with E-state index in [4.69, 9.17) is 11.6 Å². The summed E-state index contributed by atoms with van der Waals surface area (Å²) in [6.45, 7) is 2.80. The highest BCUT2D eigenvalue weighted by molar-refractivity contribution is 9.10. The number of hydrogen-bond acceptors (Lipinski definition) is 1. The molecule has 0 atom stereocenters. The third kappa shape index (κ3) is 2.41. The zero-order chi connectivity index (χ0) is 10.8. The third-order valence-corrected chi connectivity index (χ3v) is 3.25. The molecule has 2 aromatic rings. The molecule has 2 nitrogen and oxygen atoms in total. The van der Waals surface area contributed by atoms with Crippen LogP contribution in [0.3, 0.4) is 0 Å². The van der Waals surface area contributed by atoms with Gasteiger partial charge in [0.05, 0.1) is 0 Å². The molecule has 2 rings (SSSR count). The van der Waals surface area contributed by atoms with E-state index in [0.717, 1.165) is 21.9 Å². The normalized spacial score (nSPS) is 10.6. The lowest BCUT2D eigenvalue weighted by molar-refractivity contribution is 0.759. The molecule has 1 aromatic heterocycles. The van der Waals surface area contributed by atoms with Crippen LogP contribution >= 0.6 is 27.5 Å². The molecule has 0 spiro atoms. The van der Waals surface area contributed by atoms with Gasteiger partial charge >= 0.3 is 0 Å². The molecule has 0 unspecified atom stereocenters. The van der Waals surface area contributed by atoms with E-state index in [1.807, 2.05) is 31.3 Å². The van der Waals surface area contributed by atoms with E-state index in [0.29, 0.717) is 0 Å². The molecule has 0 aliphatic heterocycles. The van der Waals surface area contributed by atoms with Gasteiger partial charge in [-0.25, -0.2) is 4.98 Å². The minimum Gasteiger partial charge on any atom is -0.331 e. The van der Waals surface area contributed by atoms with Crippen molar-refractivity contribution in [2.45, 2.75) is 13.5 Å². The molecule has 0 radical (unpaired) electrons. The highest BCUT2D eigenvalue weighted by Gasteiger charge is 2.03. The van der Waals surface area contributed by atoms with E-state index >= 15 is 0 Å². The molecular weight excluding hydrogens is 275 g/mol. The lowest BCUT2D eigenvalue weighted by Crippen LogP contribution is -2.01. The van der Waals surface area contributed by atoms with Gasteiger partial charge in [-0.1, -0.05) is 33.6 Å². The first-order chi connectivity index (χ1) is 7.16. The number of aromatic nitrogens is 2. The summed E-state index contributed by atoms with van der Waals surface area (Å²) in [5, 5.41) is 0.743. The molecule has 0 aliphatic carbocycles. The van der Waals surface area contributed by atoms with Crippen molar-refractivity contribution < 1.29 is 0 Å². The molecule has 0 amide bonds. The number of imidazole rings is 1. The average molecular weight is 286 g/mol. The van der Waals surface area contributed by atoms with Gasteiger partial charge < -0.3 is 4.57 Å². The van der Waals surface area contributed by atoms with E-state index in [2.05, 4.69) is 25.5 Å². The molecule has 0 saturated carbocycles. The van der Waals surface area contributed by atoms with Crippen LogP contribution < -0.4 is 0 Å². The molecule has 1 aromatic carbocycles. The number of nitrogens with zero attached hydrogens (tertiary/aromatic N) is 2. The highest BCUT2D eigenvalue weighted by Crippen LogP contribution is 2.22. The fourth-order valence-electron chi connectivity index (χ4n) is 1.40. The summed E-state index contributed by atoms with van der Waals surface area (Å²) in [6.07, 6.45) is 3.77. The Morgan fingerprint density at radius 2 is 2.27 bits per heavy atom. The molecule has 0 bridgehead atoms. The topological polar surface area (TPSA) is 17.8 Å². The molecule has 0 fully saturated rings. The standard InChI is InChI=1S/C11H10BrClN2/c1-8-14-4-5-15(8)7-9-2-3-10(13)6-11(9)12/h2-6H,7H2,1H3. The lowest BCUT2D eigenvalue weighted by atomic mass is 10.2. The van der Waals surface area contributed by atoms with E-state index in [-0.39, 0.29) is 0 Å². The molecule has 15 heavy (non-hydrogen) atoms. The van der Waals surface area contributed by atoms with Crippen molar-refractivity contribution in [3.8, 4) is 0 Å². The SMILES string of the molecule is Cc1nccn1Cc1ccc(Cl)cc1Br. The molecule has 0 saturated heterocycles. The number of aryl methyl sites for hydroxylation is 1. The summed E-state index contributed by atoms with van der Waals surface area (Å²) in [4.78, 5) is 4.18. The Kier molecular flexibility index (Phi) is 3.12. The lowest BCUT2D eigenvalue weighted by Gasteiger charge is -2.07. The van der Waals surface area contributed by atoms with Crippen molar-refractivity contribution in [2.75, 3.05) is 0 Å². The molecule has 0 N–H and O–H groups in total. The maximum Gasteiger partial charge on any atom is 0.105 e. The van der Waals surface area contributed by atoms with Crippen molar-refractivity contribution in [1.29, 1.82) is 0 Å². The minimum atomic E-state index is 0.743. The van der Waals surface area contributed by atoms with Crippen LogP contribution in [0.5, 0.6) is 0 Å². The quantitative estimate of drug-likeness (QED) is 0.823. The van der Waals surface area contributed by atoms with Gasteiger partial charge in [-0.2, -0.15) is 0 Å². The Morgan fingerprint density at radius 1 is 1.47 bits per heavy atom. The Bertz CT molecular complexity index is 479. The highest BCUT2D eigenvalue weighted by atomic mass is 79.9. The van der Waals surface area contributed by atoms with Gasteiger partial charge in [-0.05, 0) is 24.6 Å². The first kappa shape index (κ1) is 10.7. The van der Waals surface area contributed by atoms with Crippen molar-refractivity contribution in [1.82, 2.24) is 9.55 Å². The summed E-state index contributed by atoms with van der Waals surface area (Å²) >= 11 is 9.38. The number of halogens is 2. The zero-order valence-corrected chi connectivity index (χ0v) is 10.6. The Balaban J connectivity index is 2.29. The largest absolute Gasteiger partial charge is 0.331 e.